The predicted octanol–water partition coefficient (Wildman–Crippen LogP) is 2.04. The van der Waals surface area contributed by atoms with Crippen molar-refractivity contribution < 1.29 is 4.79 Å². The van der Waals surface area contributed by atoms with E-state index < -0.39 is 0 Å². The highest BCUT2D eigenvalue weighted by atomic mass is 16.1. The Morgan fingerprint density at radius 1 is 0.917 bits per heavy atom. The van der Waals surface area contributed by atoms with Crippen LogP contribution in [0.5, 0.6) is 0 Å². The molecule has 0 saturated heterocycles. The fourth-order valence-electron chi connectivity index (χ4n) is 0.961. The van der Waals surface area contributed by atoms with Crippen LogP contribution in [0.1, 0.15) is 38.5 Å². The number of hydrogen-bond donors (Lipinski definition) is 1. The molecule has 2 heteroatoms. The Balaban J connectivity index is 2.98. The summed E-state index contributed by atoms with van der Waals surface area (Å²) < 4.78 is 0. The first-order valence-corrected chi connectivity index (χ1v) is 4.70. The molecule has 0 saturated carbocycles. The maximum atomic E-state index is 9.94. The van der Waals surface area contributed by atoms with Crippen LogP contribution in [0.25, 0.3) is 0 Å². The van der Waals surface area contributed by atoms with E-state index in [2.05, 4.69) is 12.2 Å². The van der Waals surface area contributed by atoms with E-state index in [0.717, 1.165) is 38.5 Å². The zero-order chi connectivity index (χ0) is 9.07. The number of nitrogens with two attached hydrogens (primary N) is 1. The number of rotatable bonds is 8. The summed E-state index contributed by atoms with van der Waals surface area (Å²) in [5.74, 6) is 0. The van der Waals surface area contributed by atoms with Crippen LogP contribution in [0, 0.1) is 0 Å². The van der Waals surface area contributed by atoms with Gasteiger partial charge >= 0.3 is 0 Å². The Labute approximate surface area is 74.8 Å². The van der Waals surface area contributed by atoms with Gasteiger partial charge in [-0.2, -0.15) is 0 Å². The average Bonchev–Trinajstić information content (AvgIpc) is 2.10. The Kier molecular flexibility index (Phi) is 9.83. The second-order valence-corrected chi connectivity index (χ2v) is 2.85. The van der Waals surface area contributed by atoms with Gasteiger partial charge < -0.3 is 10.5 Å². The standard InChI is InChI=1S/C10H19NO/c11-9-7-5-3-1-2-4-6-8-10-12/h1-2,10H,3-9,11H2/b2-1+. The van der Waals surface area contributed by atoms with Crippen molar-refractivity contribution in [3.8, 4) is 0 Å². The van der Waals surface area contributed by atoms with Crippen LogP contribution in [0.2, 0.25) is 0 Å². The van der Waals surface area contributed by atoms with Gasteiger partial charge in [0.1, 0.15) is 6.29 Å². The van der Waals surface area contributed by atoms with E-state index in [4.69, 9.17) is 5.73 Å². The maximum absolute atomic E-state index is 9.94. The summed E-state index contributed by atoms with van der Waals surface area (Å²) in [7, 11) is 0. The highest BCUT2D eigenvalue weighted by molar-refractivity contribution is 5.48. The molecule has 2 N–H and O–H groups in total. The molecule has 0 fully saturated rings. The summed E-state index contributed by atoms with van der Waals surface area (Å²) in [6, 6.07) is 0. The van der Waals surface area contributed by atoms with Gasteiger partial charge in [0.05, 0.1) is 0 Å². The molecular formula is C10H19NO. The number of aldehydes is 1. The van der Waals surface area contributed by atoms with Crippen LogP contribution in [0.4, 0.5) is 0 Å². The highest BCUT2D eigenvalue weighted by Gasteiger charge is 1.83. The van der Waals surface area contributed by atoms with Crippen molar-refractivity contribution in [1.29, 1.82) is 0 Å². The van der Waals surface area contributed by atoms with Crippen LogP contribution < -0.4 is 5.73 Å². The van der Waals surface area contributed by atoms with E-state index >= 15 is 0 Å². The smallest absolute Gasteiger partial charge is 0.120 e. The molecule has 0 atom stereocenters. The fourth-order valence-corrected chi connectivity index (χ4v) is 0.961. The highest BCUT2D eigenvalue weighted by Crippen LogP contribution is 1.98. The van der Waals surface area contributed by atoms with Gasteiger partial charge in [0, 0.05) is 6.42 Å². The average molecular weight is 169 g/mol. The second kappa shape index (κ2) is 10.4. The van der Waals surface area contributed by atoms with E-state index in [0.29, 0.717) is 6.42 Å². The number of unbranched alkanes of at least 4 members (excludes halogenated alkanes) is 4. The number of allylic oxidation sites excluding steroid dienone is 2. The molecule has 12 heavy (non-hydrogen) atoms. The summed E-state index contributed by atoms with van der Waals surface area (Å²) in [6.07, 6.45) is 11.4. The lowest BCUT2D eigenvalue weighted by atomic mass is 10.2. The third-order valence-electron chi connectivity index (χ3n) is 1.68. The molecule has 0 aromatic carbocycles. The zero-order valence-corrected chi connectivity index (χ0v) is 7.67. The molecule has 0 aliphatic rings. The normalized spacial score (nSPS) is 10.8. The predicted molar refractivity (Wildman–Crippen MR) is 52.0 cm³/mol. The molecule has 0 radical (unpaired) electrons. The molecule has 0 aliphatic heterocycles. The molecule has 0 aliphatic carbocycles. The van der Waals surface area contributed by atoms with Crippen LogP contribution in [-0.4, -0.2) is 12.8 Å². The molecule has 0 aromatic rings. The first-order chi connectivity index (χ1) is 5.91. The third-order valence-corrected chi connectivity index (χ3v) is 1.68. The SMILES string of the molecule is NCCCC/C=C/CCCC=O. The van der Waals surface area contributed by atoms with Gasteiger partial charge in [0.15, 0.2) is 0 Å². The van der Waals surface area contributed by atoms with Crippen molar-refractivity contribution in [3.05, 3.63) is 12.2 Å². The summed E-state index contributed by atoms with van der Waals surface area (Å²) >= 11 is 0. The van der Waals surface area contributed by atoms with Crippen molar-refractivity contribution in [2.45, 2.75) is 38.5 Å². The minimum atomic E-state index is 0.688. The van der Waals surface area contributed by atoms with Crippen molar-refractivity contribution in [2.75, 3.05) is 6.54 Å². The number of carbonyl (C=O) groups excluding carboxylic acids is 1. The summed E-state index contributed by atoms with van der Waals surface area (Å²) in [6.45, 7) is 0.791. The van der Waals surface area contributed by atoms with Crippen molar-refractivity contribution >= 4 is 6.29 Å². The Morgan fingerprint density at radius 2 is 1.58 bits per heavy atom. The van der Waals surface area contributed by atoms with Crippen molar-refractivity contribution in [1.82, 2.24) is 0 Å². The van der Waals surface area contributed by atoms with Crippen molar-refractivity contribution in [2.24, 2.45) is 5.73 Å². The van der Waals surface area contributed by atoms with Gasteiger partial charge in [-0.25, -0.2) is 0 Å². The van der Waals surface area contributed by atoms with Crippen LogP contribution in [0.3, 0.4) is 0 Å². The molecule has 2 nitrogen and oxygen atoms in total. The van der Waals surface area contributed by atoms with E-state index in [9.17, 15) is 4.79 Å². The van der Waals surface area contributed by atoms with E-state index in [1.165, 1.54) is 6.42 Å². The summed E-state index contributed by atoms with van der Waals surface area (Å²) in [4.78, 5) is 9.94. The maximum Gasteiger partial charge on any atom is 0.120 e. The monoisotopic (exact) mass is 169 g/mol. The van der Waals surface area contributed by atoms with Gasteiger partial charge in [-0.3, -0.25) is 0 Å². The van der Waals surface area contributed by atoms with Gasteiger partial charge in [0.25, 0.3) is 0 Å². The lowest BCUT2D eigenvalue weighted by Gasteiger charge is -1.91. The molecule has 0 spiro atoms. The van der Waals surface area contributed by atoms with E-state index in [-0.39, 0.29) is 0 Å². The molecule has 0 rings (SSSR count). The van der Waals surface area contributed by atoms with Crippen molar-refractivity contribution in [3.63, 3.8) is 0 Å². The molecule has 0 aromatic heterocycles. The number of carbonyl (C=O) groups is 1. The van der Waals surface area contributed by atoms with Crippen LogP contribution in [0.15, 0.2) is 12.2 Å². The lowest BCUT2D eigenvalue weighted by Crippen LogP contribution is -1.96. The fraction of sp³-hybridized carbons (Fsp3) is 0.700. The molecule has 0 bridgehead atoms. The molecule has 70 valence electrons. The lowest BCUT2D eigenvalue weighted by molar-refractivity contribution is -0.107. The molecular weight excluding hydrogens is 150 g/mol. The van der Waals surface area contributed by atoms with Gasteiger partial charge in [-0.1, -0.05) is 12.2 Å². The summed E-state index contributed by atoms with van der Waals surface area (Å²) in [5.41, 5.74) is 5.35. The molecule has 0 heterocycles. The quantitative estimate of drug-likeness (QED) is 0.343. The Bertz CT molecular complexity index is 121. The Morgan fingerprint density at radius 3 is 2.17 bits per heavy atom. The zero-order valence-electron chi connectivity index (χ0n) is 7.67. The minimum absolute atomic E-state index is 0.688. The Hall–Kier alpha value is -0.630. The molecule has 0 amide bonds. The topological polar surface area (TPSA) is 43.1 Å². The third kappa shape index (κ3) is 9.37. The minimum Gasteiger partial charge on any atom is -0.330 e. The first kappa shape index (κ1) is 11.4. The van der Waals surface area contributed by atoms with Gasteiger partial charge in [0.2, 0.25) is 0 Å². The number of hydrogen-bond acceptors (Lipinski definition) is 2. The largest absolute Gasteiger partial charge is 0.330 e. The second-order valence-electron chi connectivity index (χ2n) is 2.85. The summed E-state index contributed by atoms with van der Waals surface area (Å²) in [5, 5.41) is 0. The first-order valence-electron chi connectivity index (χ1n) is 4.70. The van der Waals surface area contributed by atoms with Gasteiger partial charge in [-0.05, 0) is 38.6 Å². The van der Waals surface area contributed by atoms with Gasteiger partial charge in [-0.15, -0.1) is 0 Å². The van der Waals surface area contributed by atoms with Crippen LogP contribution in [-0.2, 0) is 4.79 Å². The van der Waals surface area contributed by atoms with E-state index in [1.807, 2.05) is 0 Å². The molecule has 0 unspecified atom stereocenters. The van der Waals surface area contributed by atoms with Crippen LogP contribution >= 0.6 is 0 Å². The van der Waals surface area contributed by atoms with E-state index in [1.54, 1.807) is 0 Å².